The zero-order valence-corrected chi connectivity index (χ0v) is 11.5. The third kappa shape index (κ3) is 2.79. The van der Waals surface area contributed by atoms with Crippen LogP contribution in [0.25, 0.3) is 0 Å². The van der Waals surface area contributed by atoms with E-state index in [0.717, 1.165) is 12.8 Å². The highest BCUT2D eigenvalue weighted by atomic mass is 16.6. The second-order valence-electron chi connectivity index (χ2n) is 5.37. The molecule has 1 aromatic heterocycles. The van der Waals surface area contributed by atoms with E-state index in [1.54, 1.807) is 13.8 Å². The number of hydrogen-bond donors (Lipinski definition) is 2. The van der Waals surface area contributed by atoms with Gasteiger partial charge in [-0.15, -0.1) is 0 Å². The first-order valence-corrected chi connectivity index (χ1v) is 6.44. The van der Waals surface area contributed by atoms with Gasteiger partial charge in [0.25, 0.3) is 0 Å². The minimum atomic E-state index is -0.489. The molecule has 0 aliphatic heterocycles. The average Bonchev–Trinajstić information content (AvgIpc) is 3.10. The molecule has 0 spiro atoms. The van der Waals surface area contributed by atoms with Gasteiger partial charge in [-0.1, -0.05) is 0 Å². The summed E-state index contributed by atoms with van der Waals surface area (Å²) in [4.78, 5) is 22.2. The Morgan fingerprint density at radius 1 is 1.55 bits per heavy atom. The summed E-state index contributed by atoms with van der Waals surface area (Å²) in [7, 11) is 0. The molecule has 1 heterocycles. The molecule has 0 bridgehead atoms. The van der Waals surface area contributed by atoms with Crippen molar-refractivity contribution in [3.05, 3.63) is 21.5 Å². The van der Waals surface area contributed by atoms with Crippen molar-refractivity contribution in [1.29, 1.82) is 0 Å². The van der Waals surface area contributed by atoms with Crippen molar-refractivity contribution in [3.63, 3.8) is 0 Å². The summed E-state index contributed by atoms with van der Waals surface area (Å²) in [6, 6.07) is 0. The molecular weight excluding hydrogens is 264 g/mol. The van der Waals surface area contributed by atoms with E-state index < -0.39 is 4.92 Å². The molecule has 0 radical (unpaired) electrons. The van der Waals surface area contributed by atoms with Crippen molar-refractivity contribution in [2.24, 2.45) is 5.41 Å². The maximum atomic E-state index is 11.8. The molecule has 1 aliphatic rings. The summed E-state index contributed by atoms with van der Waals surface area (Å²) < 4.78 is 1.33. The third-order valence-electron chi connectivity index (χ3n) is 3.77. The molecule has 20 heavy (non-hydrogen) atoms. The first-order chi connectivity index (χ1) is 9.38. The second kappa shape index (κ2) is 5.20. The number of rotatable bonds is 6. The van der Waals surface area contributed by atoms with Crippen LogP contribution in [0, 0.1) is 29.4 Å². The summed E-state index contributed by atoms with van der Waals surface area (Å²) in [5.74, 6) is -0.259. The molecule has 2 N–H and O–H groups in total. The molecule has 1 saturated carbocycles. The lowest BCUT2D eigenvalue weighted by Gasteiger charge is -2.12. The van der Waals surface area contributed by atoms with E-state index in [9.17, 15) is 14.9 Å². The van der Waals surface area contributed by atoms with Crippen LogP contribution in [0.4, 0.5) is 5.69 Å². The van der Waals surface area contributed by atoms with Gasteiger partial charge >= 0.3 is 5.69 Å². The molecule has 1 amide bonds. The Labute approximate surface area is 115 Å². The van der Waals surface area contributed by atoms with Gasteiger partial charge in [0.05, 0.1) is 11.5 Å². The van der Waals surface area contributed by atoms with E-state index in [2.05, 4.69) is 10.4 Å². The van der Waals surface area contributed by atoms with E-state index in [4.69, 9.17) is 5.11 Å². The van der Waals surface area contributed by atoms with Gasteiger partial charge in [0.1, 0.15) is 17.9 Å². The maximum Gasteiger partial charge on any atom is 0.312 e. The average molecular weight is 282 g/mol. The topological polar surface area (TPSA) is 110 Å². The van der Waals surface area contributed by atoms with Gasteiger partial charge in [-0.25, -0.2) is 0 Å². The van der Waals surface area contributed by atoms with E-state index in [1.165, 1.54) is 4.68 Å². The standard InChI is InChI=1S/C12H18N4O4/c1-8-11(16(19)20)9(2)15(14-8)5-10(18)13-6-12(7-17)3-4-12/h17H,3-7H2,1-2H3,(H,13,18). The molecule has 0 unspecified atom stereocenters. The van der Waals surface area contributed by atoms with Crippen LogP contribution in [-0.4, -0.2) is 38.9 Å². The van der Waals surface area contributed by atoms with Crippen LogP contribution in [-0.2, 0) is 11.3 Å². The number of amides is 1. The fraction of sp³-hybridized carbons (Fsp3) is 0.667. The molecule has 1 fully saturated rings. The molecule has 0 saturated heterocycles. The number of aliphatic hydroxyl groups is 1. The van der Waals surface area contributed by atoms with Crippen molar-refractivity contribution >= 4 is 11.6 Å². The van der Waals surface area contributed by atoms with Crippen molar-refractivity contribution in [2.45, 2.75) is 33.2 Å². The minimum Gasteiger partial charge on any atom is -0.396 e. The van der Waals surface area contributed by atoms with Crippen molar-refractivity contribution in [3.8, 4) is 0 Å². The number of nitrogens with zero attached hydrogens (tertiary/aromatic N) is 3. The normalized spacial score (nSPS) is 15.9. The Morgan fingerprint density at radius 2 is 2.20 bits per heavy atom. The third-order valence-corrected chi connectivity index (χ3v) is 3.77. The molecular formula is C12H18N4O4. The summed E-state index contributed by atoms with van der Waals surface area (Å²) in [6.07, 6.45) is 1.82. The number of carbonyl (C=O) groups is 1. The van der Waals surface area contributed by atoms with Crippen LogP contribution < -0.4 is 5.32 Å². The van der Waals surface area contributed by atoms with Gasteiger partial charge < -0.3 is 10.4 Å². The monoisotopic (exact) mass is 282 g/mol. The van der Waals surface area contributed by atoms with Gasteiger partial charge in [0.15, 0.2) is 0 Å². The number of aliphatic hydroxyl groups excluding tert-OH is 1. The van der Waals surface area contributed by atoms with Crippen molar-refractivity contribution in [1.82, 2.24) is 15.1 Å². The zero-order chi connectivity index (χ0) is 14.9. The van der Waals surface area contributed by atoms with Crippen LogP contribution >= 0.6 is 0 Å². The Bertz CT molecular complexity index is 548. The SMILES string of the molecule is Cc1nn(CC(=O)NCC2(CO)CC2)c(C)c1[N+](=O)[O-]. The Hall–Kier alpha value is -1.96. The molecule has 1 aromatic rings. The Balaban J connectivity index is 1.98. The maximum absolute atomic E-state index is 11.8. The lowest BCUT2D eigenvalue weighted by atomic mass is 10.1. The molecule has 2 rings (SSSR count). The molecule has 8 nitrogen and oxygen atoms in total. The number of hydrogen-bond acceptors (Lipinski definition) is 5. The molecule has 1 aliphatic carbocycles. The first kappa shape index (κ1) is 14.4. The van der Waals surface area contributed by atoms with E-state index in [-0.39, 0.29) is 30.2 Å². The van der Waals surface area contributed by atoms with Crippen LogP contribution in [0.1, 0.15) is 24.2 Å². The Kier molecular flexibility index (Phi) is 3.76. The fourth-order valence-corrected chi connectivity index (χ4v) is 2.15. The van der Waals surface area contributed by atoms with Crippen molar-refractivity contribution in [2.75, 3.05) is 13.2 Å². The van der Waals surface area contributed by atoms with Gasteiger partial charge in [-0.05, 0) is 26.7 Å². The largest absolute Gasteiger partial charge is 0.396 e. The summed E-state index contributed by atoms with van der Waals surface area (Å²) in [6.45, 7) is 3.57. The smallest absolute Gasteiger partial charge is 0.312 e. The predicted octanol–water partition coefficient (Wildman–Crippen LogP) is 0.297. The van der Waals surface area contributed by atoms with Crippen LogP contribution in [0.3, 0.4) is 0 Å². The summed E-state index contributed by atoms with van der Waals surface area (Å²) in [5, 5.41) is 26.8. The summed E-state index contributed by atoms with van der Waals surface area (Å²) in [5.41, 5.74) is 0.462. The minimum absolute atomic E-state index is 0.0492. The second-order valence-corrected chi connectivity index (χ2v) is 5.37. The quantitative estimate of drug-likeness (QED) is 0.576. The van der Waals surface area contributed by atoms with Gasteiger partial charge in [0, 0.05) is 12.0 Å². The van der Waals surface area contributed by atoms with E-state index in [0.29, 0.717) is 17.9 Å². The number of carbonyl (C=O) groups excluding carboxylic acids is 1. The Morgan fingerprint density at radius 3 is 2.65 bits per heavy atom. The fourth-order valence-electron chi connectivity index (χ4n) is 2.15. The molecule has 110 valence electrons. The molecule has 8 heteroatoms. The van der Waals surface area contributed by atoms with Crippen molar-refractivity contribution < 1.29 is 14.8 Å². The van der Waals surface area contributed by atoms with Gasteiger partial charge in [0.2, 0.25) is 5.91 Å². The van der Waals surface area contributed by atoms with Gasteiger partial charge in [-0.3, -0.25) is 19.6 Å². The first-order valence-electron chi connectivity index (χ1n) is 6.44. The highest BCUT2D eigenvalue weighted by Crippen LogP contribution is 2.44. The molecule has 0 aromatic carbocycles. The summed E-state index contributed by atoms with van der Waals surface area (Å²) >= 11 is 0. The highest BCUT2D eigenvalue weighted by Gasteiger charge is 2.42. The number of nitro groups is 1. The van der Waals surface area contributed by atoms with E-state index >= 15 is 0 Å². The zero-order valence-electron chi connectivity index (χ0n) is 11.5. The van der Waals surface area contributed by atoms with Crippen LogP contribution in [0.15, 0.2) is 0 Å². The lowest BCUT2D eigenvalue weighted by Crippen LogP contribution is -2.34. The number of aryl methyl sites for hydroxylation is 1. The number of nitrogens with one attached hydrogen (secondary N) is 1. The molecule has 0 atom stereocenters. The van der Waals surface area contributed by atoms with Crippen LogP contribution in [0.5, 0.6) is 0 Å². The van der Waals surface area contributed by atoms with E-state index in [1.807, 2.05) is 0 Å². The number of aromatic nitrogens is 2. The highest BCUT2D eigenvalue weighted by molar-refractivity contribution is 5.76. The predicted molar refractivity (Wildman–Crippen MR) is 70.1 cm³/mol. The lowest BCUT2D eigenvalue weighted by molar-refractivity contribution is -0.386. The van der Waals surface area contributed by atoms with Gasteiger partial charge in [-0.2, -0.15) is 5.10 Å². The van der Waals surface area contributed by atoms with Crippen LogP contribution in [0.2, 0.25) is 0 Å².